The van der Waals surface area contributed by atoms with Crippen LogP contribution in [-0.2, 0) is 0 Å². The van der Waals surface area contributed by atoms with Crippen molar-refractivity contribution in [3.63, 3.8) is 0 Å². The van der Waals surface area contributed by atoms with Crippen LogP contribution < -0.4 is 15.2 Å². The Bertz CT molecular complexity index is 606. The number of nitrogens with one attached hydrogen (secondary N) is 1. The third-order valence-corrected chi connectivity index (χ3v) is 3.02. The fourth-order valence-corrected chi connectivity index (χ4v) is 1.80. The lowest BCUT2D eigenvalue weighted by atomic mass is 10.1. The molecule has 2 aromatic rings. The van der Waals surface area contributed by atoms with Crippen molar-refractivity contribution in [2.75, 3.05) is 19.2 Å². The average Bonchev–Trinajstić information content (AvgIpc) is 2.55. The van der Waals surface area contributed by atoms with E-state index >= 15 is 0 Å². The third kappa shape index (κ3) is 4.11. The molecule has 108 valence electrons. The first-order valence-electron chi connectivity index (χ1n) is 6.60. The largest absolute Gasteiger partial charge is 0.497 e. The molecule has 1 N–H and O–H groups in total. The van der Waals surface area contributed by atoms with Gasteiger partial charge in [0.2, 0.25) is 0 Å². The van der Waals surface area contributed by atoms with E-state index in [0.29, 0.717) is 5.56 Å². The Morgan fingerprint density at radius 2 is 1.76 bits per heavy atom. The van der Waals surface area contributed by atoms with Gasteiger partial charge in [0, 0.05) is 24.9 Å². The zero-order valence-electron chi connectivity index (χ0n) is 12.1. The van der Waals surface area contributed by atoms with Crippen LogP contribution in [0.5, 0.6) is 5.75 Å². The zero-order valence-corrected chi connectivity index (χ0v) is 12.1. The van der Waals surface area contributed by atoms with E-state index in [-0.39, 0.29) is 5.78 Å². The van der Waals surface area contributed by atoms with Crippen LogP contribution in [0.25, 0.3) is 0 Å². The zero-order chi connectivity index (χ0) is 15.1. The topological polar surface area (TPSA) is 41.6 Å². The van der Waals surface area contributed by atoms with Gasteiger partial charge in [-0.25, -0.2) is 0 Å². The number of ketones is 1. The summed E-state index contributed by atoms with van der Waals surface area (Å²) >= 11 is 0. The Labute approximate surface area is 124 Å². The molecule has 0 unspecified atom stereocenters. The summed E-state index contributed by atoms with van der Waals surface area (Å²) in [5, 5.41) is 1.83. The predicted octanol–water partition coefficient (Wildman–Crippen LogP) is 3.03. The number of nitrogens with zero attached hydrogens (tertiary/aromatic N) is 1. The first-order valence-corrected chi connectivity index (χ1v) is 6.60. The Kier molecular flexibility index (Phi) is 4.99. The fourth-order valence-electron chi connectivity index (χ4n) is 1.80. The van der Waals surface area contributed by atoms with E-state index in [9.17, 15) is 4.79 Å². The normalized spacial score (nSPS) is 10.4. The number of carbonyl (C=O) groups excluding carboxylic acids is 1. The van der Waals surface area contributed by atoms with Crippen LogP contribution >= 0.6 is 0 Å². The molecular formula is C17H18N2O2. The molecular weight excluding hydrogens is 264 g/mol. The molecule has 0 fully saturated rings. The summed E-state index contributed by atoms with van der Waals surface area (Å²) in [5.41, 5.74) is 4.66. The van der Waals surface area contributed by atoms with E-state index in [1.165, 1.54) is 6.08 Å². The number of benzene rings is 2. The second-order valence-electron chi connectivity index (χ2n) is 4.45. The third-order valence-electron chi connectivity index (χ3n) is 3.02. The van der Waals surface area contributed by atoms with Crippen molar-refractivity contribution in [1.29, 1.82) is 0 Å². The van der Waals surface area contributed by atoms with Crippen molar-refractivity contribution < 1.29 is 9.53 Å². The van der Waals surface area contributed by atoms with Crippen LogP contribution in [0.2, 0.25) is 0 Å². The highest BCUT2D eigenvalue weighted by atomic mass is 16.5. The highest BCUT2D eigenvalue weighted by molar-refractivity contribution is 6.04. The summed E-state index contributed by atoms with van der Waals surface area (Å²) in [6.45, 7) is 0. The van der Waals surface area contributed by atoms with E-state index in [4.69, 9.17) is 4.74 Å². The maximum Gasteiger partial charge on any atom is 0.187 e. The van der Waals surface area contributed by atoms with Gasteiger partial charge in [0.1, 0.15) is 5.75 Å². The molecule has 0 aromatic heterocycles. The van der Waals surface area contributed by atoms with Gasteiger partial charge in [0.15, 0.2) is 5.78 Å². The predicted molar refractivity (Wildman–Crippen MR) is 84.4 cm³/mol. The number of hydrazine groups is 1. The molecule has 2 rings (SSSR count). The Hall–Kier alpha value is -2.75. The summed E-state index contributed by atoms with van der Waals surface area (Å²) in [5.74, 6) is 0.670. The molecule has 0 saturated carbocycles. The maximum atomic E-state index is 12.0. The van der Waals surface area contributed by atoms with Crippen molar-refractivity contribution in [1.82, 2.24) is 5.43 Å². The fraction of sp³-hybridized carbons (Fsp3) is 0.118. The van der Waals surface area contributed by atoms with Crippen LogP contribution in [0.4, 0.5) is 5.69 Å². The molecule has 0 radical (unpaired) electrons. The SMILES string of the molecule is COc1ccc(C(=O)/C=C\NN(C)c2ccccc2)cc1. The van der Waals surface area contributed by atoms with Crippen molar-refractivity contribution in [2.45, 2.75) is 0 Å². The first-order chi connectivity index (χ1) is 10.2. The van der Waals surface area contributed by atoms with E-state index in [2.05, 4.69) is 5.43 Å². The number of methoxy groups -OCH3 is 1. The standard InChI is InChI=1S/C17H18N2O2/c1-19(15-6-4-3-5-7-15)18-13-12-17(20)14-8-10-16(21-2)11-9-14/h3-13,18H,1-2H3/b13-12-. The summed E-state index contributed by atoms with van der Waals surface area (Å²) in [6, 6.07) is 16.9. The number of rotatable bonds is 6. The van der Waals surface area contributed by atoms with Crippen LogP contribution in [0.1, 0.15) is 10.4 Å². The lowest BCUT2D eigenvalue weighted by molar-refractivity contribution is 0.104. The molecule has 4 nitrogen and oxygen atoms in total. The molecule has 0 aliphatic heterocycles. The lowest BCUT2D eigenvalue weighted by Crippen LogP contribution is -2.29. The van der Waals surface area contributed by atoms with Gasteiger partial charge in [-0.05, 0) is 36.4 Å². The molecule has 0 aliphatic carbocycles. The van der Waals surface area contributed by atoms with E-state index < -0.39 is 0 Å². The Morgan fingerprint density at radius 3 is 2.38 bits per heavy atom. The van der Waals surface area contributed by atoms with Crippen LogP contribution in [-0.4, -0.2) is 19.9 Å². The molecule has 0 heterocycles. The van der Waals surface area contributed by atoms with E-state index in [0.717, 1.165) is 11.4 Å². The Balaban J connectivity index is 1.92. The smallest absolute Gasteiger partial charge is 0.187 e. The minimum Gasteiger partial charge on any atom is -0.497 e. The van der Waals surface area contributed by atoms with Gasteiger partial charge in [-0.15, -0.1) is 0 Å². The average molecular weight is 282 g/mol. The molecule has 2 aromatic carbocycles. The molecule has 0 spiro atoms. The molecule has 0 saturated heterocycles. The van der Waals surface area contributed by atoms with Gasteiger partial charge >= 0.3 is 0 Å². The molecule has 0 atom stereocenters. The van der Waals surface area contributed by atoms with Crippen molar-refractivity contribution >= 4 is 11.5 Å². The number of anilines is 1. The highest BCUT2D eigenvalue weighted by Gasteiger charge is 2.02. The summed E-state index contributed by atoms with van der Waals surface area (Å²) in [7, 11) is 3.48. The second kappa shape index (κ2) is 7.14. The van der Waals surface area contributed by atoms with Gasteiger partial charge in [-0.3, -0.25) is 9.80 Å². The van der Waals surface area contributed by atoms with Gasteiger partial charge in [0.05, 0.1) is 12.8 Å². The molecule has 4 heteroatoms. The van der Waals surface area contributed by atoms with Crippen LogP contribution in [0.3, 0.4) is 0 Å². The molecule has 0 bridgehead atoms. The van der Waals surface area contributed by atoms with Gasteiger partial charge in [0.25, 0.3) is 0 Å². The van der Waals surface area contributed by atoms with Crippen molar-refractivity contribution in [3.05, 3.63) is 72.4 Å². The summed E-state index contributed by atoms with van der Waals surface area (Å²) in [6.07, 6.45) is 3.13. The number of hydrogen-bond acceptors (Lipinski definition) is 4. The maximum absolute atomic E-state index is 12.0. The molecule has 0 amide bonds. The monoisotopic (exact) mass is 282 g/mol. The number of ether oxygens (including phenoxy) is 1. The minimum absolute atomic E-state index is 0.0633. The van der Waals surface area contributed by atoms with Gasteiger partial charge in [-0.1, -0.05) is 18.2 Å². The molecule has 21 heavy (non-hydrogen) atoms. The highest BCUT2D eigenvalue weighted by Crippen LogP contribution is 2.12. The quantitative estimate of drug-likeness (QED) is 0.502. The minimum atomic E-state index is -0.0633. The molecule has 0 aliphatic rings. The van der Waals surface area contributed by atoms with Crippen molar-refractivity contribution in [3.8, 4) is 5.75 Å². The van der Waals surface area contributed by atoms with Gasteiger partial charge in [-0.2, -0.15) is 0 Å². The number of allylic oxidation sites excluding steroid dienone is 1. The first kappa shape index (κ1) is 14.7. The summed E-state index contributed by atoms with van der Waals surface area (Å²) in [4.78, 5) is 12.0. The lowest BCUT2D eigenvalue weighted by Gasteiger charge is -2.18. The van der Waals surface area contributed by atoms with Crippen molar-refractivity contribution in [2.24, 2.45) is 0 Å². The van der Waals surface area contributed by atoms with Gasteiger partial charge < -0.3 is 10.2 Å². The number of hydrogen-bond donors (Lipinski definition) is 1. The van der Waals surface area contributed by atoms with Crippen LogP contribution in [0.15, 0.2) is 66.9 Å². The number of para-hydroxylation sites is 1. The van der Waals surface area contributed by atoms with Crippen LogP contribution in [0, 0.1) is 0 Å². The second-order valence-corrected chi connectivity index (χ2v) is 4.45. The van der Waals surface area contributed by atoms with E-state index in [1.54, 1.807) is 37.6 Å². The number of carbonyl (C=O) groups is 1. The summed E-state index contributed by atoms with van der Waals surface area (Å²) < 4.78 is 5.06. The van der Waals surface area contributed by atoms with E-state index in [1.807, 2.05) is 42.4 Å². The Morgan fingerprint density at radius 1 is 1.10 bits per heavy atom.